The molecule has 0 fully saturated rings. The fraction of sp³-hybridized carbons (Fsp3) is 0.579. The summed E-state index contributed by atoms with van der Waals surface area (Å²) in [4.78, 5) is 24.1. The van der Waals surface area contributed by atoms with Crippen molar-refractivity contribution in [1.29, 1.82) is 0 Å². The molecule has 0 radical (unpaired) electrons. The molecule has 0 aliphatic heterocycles. The third-order valence-corrected chi connectivity index (χ3v) is 4.42. The van der Waals surface area contributed by atoms with Gasteiger partial charge < -0.3 is 9.84 Å². The van der Waals surface area contributed by atoms with Crippen molar-refractivity contribution in [3.63, 3.8) is 0 Å². The molecule has 1 aromatic carbocycles. The lowest BCUT2D eigenvalue weighted by Gasteiger charge is -2.16. The molecule has 1 N–H and O–H groups in total. The summed E-state index contributed by atoms with van der Waals surface area (Å²) in [5, 5.41) is 10.0. The monoisotopic (exact) mass is 354 g/mol. The van der Waals surface area contributed by atoms with Crippen LogP contribution in [0.3, 0.4) is 0 Å². The predicted octanol–water partition coefficient (Wildman–Crippen LogP) is 5.28. The number of hydrogen-bond acceptors (Lipinski definition) is 3. The summed E-state index contributed by atoms with van der Waals surface area (Å²) < 4.78 is 5.19. The molecule has 0 saturated heterocycles. The third-order valence-electron chi connectivity index (χ3n) is 4.03. The first-order valence-corrected chi connectivity index (χ1v) is 8.89. The average Bonchev–Trinajstić information content (AvgIpc) is 2.50. The summed E-state index contributed by atoms with van der Waals surface area (Å²) in [5.41, 5.74) is 1.44. The highest BCUT2D eigenvalue weighted by molar-refractivity contribution is 6.32. The van der Waals surface area contributed by atoms with Crippen LogP contribution in [0.25, 0.3) is 0 Å². The van der Waals surface area contributed by atoms with E-state index >= 15 is 0 Å². The minimum Gasteiger partial charge on any atom is -0.478 e. The smallest absolute Gasteiger partial charge is 0.339 e. The zero-order valence-electron chi connectivity index (χ0n) is 14.9. The normalized spacial score (nSPS) is 10.9. The maximum absolute atomic E-state index is 12.3. The van der Waals surface area contributed by atoms with Gasteiger partial charge in [-0.25, -0.2) is 9.59 Å². The molecule has 0 aliphatic carbocycles. The van der Waals surface area contributed by atoms with Crippen molar-refractivity contribution in [1.82, 2.24) is 0 Å². The number of unbranched alkanes of at least 4 members (excludes halogenated alkanes) is 1. The first-order valence-electron chi connectivity index (χ1n) is 8.51. The van der Waals surface area contributed by atoms with Gasteiger partial charge in [0.25, 0.3) is 0 Å². The molecule has 24 heavy (non-hydrogen) atoms. The van der Waals surface area contributed by atoms with Crippen molar-refractivity contribution in [2.24, 2.45) is 5.92 Å². The van der Waals surface area contributed by atoms with E-state index in [0.29, 0.717) is 22.9 Å². The minimum absolute atomic E-state index is 0.0298. The molecule has 0 heterocycles. The van der Waals surface area contributed by atoms with Crippen LogP contribution in [-0.4, -0.2) is 23.7 Å². The number of carbonyl (C=O) groups is 2. The zero-order valence-corrected chi connectivity index (χ0v) is 15.7. The summed E-state index contributed by atoms with van der Waals surface area (Å²) in [6.07, 6.45) is 4.06. The summed E-state index contributed by atoms with van der Waals surface area (Å²) in [7, 11) is 0. The molecule has 5 heteroatoms. The second-order valence-corrected chi connectivity index (χ2v) is 6.87. The van der Waals surface area contributed by atoms with Gasteiger partial charge in [0.05, 0.1) is 17.7 Å². The number of carboxylic acid groups (broad SMARTS) is 1. The molecule has 0 aromatic heterocycles. The molecule has 0 atom stereocenters. The average molecular weight is 355 g/mol. The topological polar surface area (TPSA) is 63.6 Å². The van der Waals surface area contributed by atoms with Gasteiger partial charge in [0, 0.05) is 5.02 Å². The fourth-order valence-electron chi connectivity index (χ4n) is 2.59. The van der Waals surface area contributed by atoms with Gasteiger partial charge in [-0.2, -0.15) is 0 Å². The van der Waals surface area contributed by atoms with Crippen molar-refractivity contribution in [3.05, 3.63) is 33.3 Å². The van der Waals surface area contributed by atoms with E-state index in [1.54, 1.807) is 6.92 Å². The van der Waals surface area contributed by atoms with Crippen LogP contribution in [0.15, 0.2) is 6.07 Å². The van der Waals surface area contributed by atoms with Gasteiger partial charge in [-0.1, -0.05) is 45.2 Å². The highest BCUT2D eigenvalue weighted by atomic mass is 35.5. The van der Waals surface area contributed by atoms with Crippen LogP contribution in [0.2, 0.25) is 5.02 Å². The van der Waals surface area contributed by atoms with Crippen LogP contribution >= 0.6 is 11.6 Å². The van der Waals surface area contributed by atoms with Crippen molar-refractivity contribution in [2.45, 2.75) is 59.8 Å². The van der Waals surface area contributed by atoms with Gasteiger partial charge in [0.2, 0.25) is 0 Å². The molecule has 0 saturated carbocycles. The lowest BCUT2D eigenvalue weighted by molar-refractivity contribution is 0.0489. The summed E-state index contributed by atoms with van der Waals surface area (Å²) in [6.45, 7) is 8.32. The maximum atomic E-state index is 12.3. The standard InChI is InChI=1S/C19H27ClO4/c1-5-6-10-24-19(23)15-11-16(20)13(4)14(17(15)18(21)22)9-7-8-12(2)3/h11-12H,5-10H2,1-4H3,(H,21,22). The Labute approximate surface area is 149 Å². The van der Waals surface area contributed by atoms with Crippen molar-refractivity contribution in [2.75, 3.05) is 6.61 Å². The van der Waals surface area contributed by atoms with Gasteiger partial charge in [-0.05, 0) is 49.3 Å². The fourth-order valence-corrected chi connectivity index (χ4v) is 2.82. The Kier molecular flexibility index (Phi) is 8.26. The molecule has 134 valence electrons. The Bertz CT molecular complexity index is 594. The predicted molar refractivity (Wildman–Crippen MR) is 96.1 cm³/mol. The Morgan fingerprint density at radius 2 is 1.96 bits per heavy atom. The summed E-state index contributed by atoms with van der Waals surface area (Å²) in [6, 6.07) is 1.42. The van der Waals surface area contributed by atoms with Crippen molar-refractivity contribution < 1.29 is 19.4 Å². The van der Waals surface area contributed by atoms with Gasteiger partial charge in [0.15, 0.2) is 0 Å². The number of halogens is 1. The number of benzene rings is 1. The van der Waals surface area contributed by atoms with Crippen LogP contribution in [0.1, 0.15) is 78.3 Å². The van der Waals surface area contributed by atoms with E-state index in [-0.39, 0.29) is 17.7 Å². The second kappa shape index (κ2) is 9.67. The van der Waals surface area contributed by atoms with E-state index < -0.39 is 11.9 Å². The number of hydrogen-bond donors (Lipinski definition) is 1. The van der Waals surface area contributed by atoms with Crippen LogP contribution < -0.4 is 0 Å². The molecule has 4 nitrogen and oxygen atoms in total. The second-order valence-electron chi connectivity index (χ2n) is 6.47. The van der Waals surface area contributed by atoms with E-state index in [0.717, 1.165) is 31.2 Å². The van der Waals surface area contributed by atoms with E-state index in [2.05, 4.69) is 13.8 Å². The first kappa shape index (κ1) is 20.5. The molecule has 1 aromatic rings. The lowest BCUT2D eigenvalue weighted by Crippen LogP contribution is -2.16. The molecule has 0 amide bonds. The van der Waals surface area contributed by atoms with E-state index in [1.165, 1.54) is 6.07 Å². The van der Waals surface area contributed by atoms with Crippen LogP contribution in [-0.2, 0) is 11.2 Å². The zero-order chi connectivity index (χ0) is 18.3. The van der Waals surface area contributed by atoms with Gasteiger partial charge in [0.1, 0.15) is 0 Å². The van der Waals surface area contributed by atoms with Gasteiger partial charge >= 0.3 is 11.9 Å². The number of carboxylic acids is 1. The van der Waals surface area contributed by atoms with Crippen molar-refractivity contribution >= 4 is 23.5 Å². The van der Waals surface area contributed by atoms with E-state index in [1.807, 2.05) is 6.92 Å². The molecule has 0 bridgehead atoms. The van der Waals surface area contributed by atoms with Crippen molar-refractivity contribution in [3.8, 4) is 0 Å². The largest absolute Gasteiger partial charge is 0.478 e. The molecular weight excluding hydrogens is 328 g/mol. The van der Waals surface area contributed by atoms with Crippen LogP contribution in [0, 0.1) is 12.8 Å². The van der Waals surface area contributed by atoms with Gasteiger partial charge in [-0.15, -0.1) is 0 Å². The molecule has 1 rings (SSSR count). The first-order chi connectivity index (χ1) is 11.3. The lowest BCUT2D eigenvalue weighted by atomic mass is 9.91. The number of rotatable bonds is 9. The quantitative estimate of drug-likeness (QED) is 0.484. The van der Waals surface area contributed by atoms with Crippen LogP contribution in [0.4, 0.5) is 0 Å². The Morgan fingerprint density at radius 3 is 2.50 bits per heavy atom. The number of esters is 1. The van der Waals surface area contributed by atoms with Gasteiger partial charge in [-0.3, -0.25) is 0 Å². The highest BCUT2D eigenvalue weighted by Gasteiger charge is 2.24. The summed E-state index contributed by atoms with van der Waals surface area (Å²) in [5.74, 6) is -1.19. The maximum Gasteiger partial charge on any atom is 0.339 e. The number of ether oxygens (including phenoxy) is 1. The number of aromatic carboxylic acids is 1. The Hall–Kier alpha value is -1.55. The SMILES string of the molecule is CCCCOC(=O)c1cc(Cl)c(C)c(CCCC(C)C)c1C(=O)O. The number of carbonyl (C=O) groups excluding carboxylic acids is 1. The highest BCUT2D eigenvalue weighted by Crippen LogP contribution is 2.29. The molecule has 0 unspecified atom stereocenters. The molecular formula is C19H27ClO4. The Balaban J connectivity index is 3.21. The third kappa shape index (κ3) is 5.52. The van der Waals surface area contributed by atoms with E-state index in [9.17, 15) is 14.7 Å². The summed E-state index contributed by atoms with van der Waals surface area (Å²) >= 11 is 6.24. The molecule has 0 aliphatic rings. The Morgan fingerprint density at radius 1 is 1.29 bits per heavy atom. The van der Waals surface area contributed by atoms with E-state index in [4.69, 9.17) is 16.3 Å². The molecule has 0 spiro atoms. The van der Waals surface area contributed by atoms with Crippen LogP contribution in [0.5, 0.6) is 0 Å². The minimum atomic E-state index is -1.11.